The molecule has 2 aromatic heterocycles. The highest BCUT2D eigenvalue weighted by atomic mass is 35.5. The van der Waals surface area contributed by atoms with Gasteiger partial charge in [-0.3, -0.25) is 14.6 Å². The summed E-state index contributed by atoms with van der Waals surface area (Å²) in [6.45, 7) is 4.16. The summed E-state index contributed by atoms with van der Waals surface area (Å²) in [5, 5.41) is 11.5. The number of hydrogen-bond acceptors (Lipinski definition) is 6. The Morgan fingerprint density at radius 2 is 1.81 bits per heavy atom. The molecule has 1 aliphatic heterocycles. The van der Waals surface area contributed by atoms with E-state index in [1.54, 1.807) is 29.4 Å². The van der Waals surface area contributed by atoms with Gasteiger partial charge in [0.25, 0.3) is 0 Å². The lowest BCUT2D eigenvalue weighted by molar-refractivity contribution is -0.135. The van der Waals surface area contributed by atoms with Crippen molar-refractivity contribution in [2.24, 2.45) is 11.7 Å². The number of aromatic nitrogens is 3. The third-order valence-corrected chi connectivity index (χ3v) is 6.42. The molecule has 0 spiro atoms. The average molecular weight is 527 g/mol. The zero-order chi connectivity index (χ0) is 25.8. The van der Waals surface area contributed by atoms with Gasteiger partial charge in [-0.1, -0.05) is 38.1 Å². The van der Waals surface area contributed by atoms with Gasteiger partial charge in [0.2, 0.25) is 5.91 Å². The highest BCUT2D eigenvalue weighted by molar-refractivity contribution is 5.97. The maximum absolute atomic E-state index is 13.2. The van der Waals surface area contributed by atoms with Crippen LogP contribution >= 0.6 is 12.4 Å². The zero-order valence-electron chi connectivity index (χ0n) is 20.7. The van der Waals surface area contributed by atoms with Gasteiger partial charge in [0.1, 0.15) is 11.9 Å². The first-order chi connectivity index (χ1) is 17.3. The molecule has 0 bridgehead atoms. The minimum Gasteiger partial charge on any atom is -0.465 e. The lowest BCUT2D eigenvalue weighted by Crippen LogP contribution is -2.50. The molecular weight excluding hydrogens is 496 g/mol. The molecule has 5 N–H and O–H groups in total. The molecule has 37 heavy (non-hydrogen) atoms. The van der Waals surface area contributed by atoms with Crippen molar-refractivity contribution < 1.29 is 19.5 Å². The molecule has 11 heteroatoms. The first-order valence-corrected chi connectivity index (χ1v) is 11.9. The summed E-state index contributed by atoms with van der Waals surface area (Å²) in [5.41, 5.74) is 9.26. The van der Waals surface area contributed by atoms with Gasteiger partial charge in [-0.05, 0) is 30.9 Å². The second-order valence-electron chi connectivity index (χ2n) is 9.18. The van der Waals surface area contributed by atoms with Crippen molar-refractivity contribution in [3.8, 4) is 22.5 Å². The fraction of sp³-hybridized carbons (Fsp3) is 0.346. The number of carbonyl (C=O) groups is 3. The van der Waals surface area contributed by atoms with E-state index in [4.69, 9.17) is 10.8 Å². The number of halogens is 1. The van der Waals surface area contributed by atoms with E-state index in [2.05, 4.69) is 20.3 Å². The smallest absolute Gasteiger partial charge is 0.405 e. The van der Waals surface area contributed by atoms with Gasteiger partial charge in [0, 0.05) is 29.4 Å². The highest BCUT2D eigenvalue weighted by Gasteiger charge is 2.37. The third-order valence-electron chi connectivity index (χ3n) is 6.42. The summed E-state index contributed by atoms with van der Waals surface area (Å²) in [5.74, 6) is 0.139. The number of Topliss-reactive ketones (excluding diaryl/α,β-unsaturated/α-hetero) is 1. The Labute approximate surface area is 221 Å². The number of rotatable bonds is 8. The number of carbonyl (C=O) groups excluding carboxylic acids is 2. The number of nitrogens with zero attached hydrogens (tertiary/aromatic N) is 3. The van der Waals surface area contributed by atoms with Crippen LogP contribution in [-0.4, -0.2) is 61.9 Å². The fourth-order valence-electron chi connectivity index (χ4n) is 4.46. The van der Waals surface area contributed by atoms with Crippen LogP contribution in [0, 0.1) is 5.92 Å². The number of imidazole rings is 1. The molecule has 1 aromatic carbocycles. The van der Waals surface area contributed by atoms with E-state index in [0.29, 0.717) is 17.9 Å². The predicted octanol–water partition coefficient (Wildman–Crippen LogP) is 3.66. The molecule has 2 amide bonds. The van der Waals surface area contributed by atoms with Crippen molar-refractivity contribution >= 4 is 30.2 Å². The summed E-state index contributed by atoms with van der Waals surface area (Å²) in [7, 11) is 0. The second-order valence-corrected chi connectivity index (χ2v) is 9.18. The Morgan fingerprint density at radius 1 is 1.11 bits per heavy atom. The first kappa shape index (κ1) is 27.8. The van der Waals surface area contributed by atoms with Gasteiger partial charge < -0.3 is 26.0 Å². The predicted molar refractivity (Wildman–Crippen MR) is 141 cm³/mol. The number of hydrogen-bond donors (Lipinski definition) is 4. The van der Waals surface area contributed by atoms with E-state index >= 15 is 0 Å². The highest BCUT2D eigenvalue weighted by Crippen LogP contribution is 2.32. The van der Waals surface area contributed by atoms with Gasteiger partial charge in [-0.25, -0.2) is 9.78 Å². The Bertz CT molecular complexity index is 1240. The number of nitrogens with two attached hydrogens (primary N) is 1. The van der Waals surface area contributed by atoms with Crippen LogP contribution in [0.5, 0.6) is 0 Å². The standard InChI is InChI=1S/C26H30N6O4.ClH/c1-15(2)23(31-26(35)36)25(34)32-11-3-4-21(32)24-29-14-20(30-24)18-9-10-19(28-13-18)16-5-7-17(8-6-16)22(33)12-27;/h5-10,13-15,21,23,31H,3-4,11-12,27H2,1-2H3,(H,29,30)(H,35,36);1H/t21-,23-;/m0./s1. The van der Waals surface area contributed by atoms with E-state index in [1.165, 1.54) is 0 Å². The van der Waals surface area contributed by atoms with E-state index < -0.39 is 12.1 Å². The molecule has 1 saturated heterocycles. The number of benzene rings is 1. The minimum atomic E-state index is -1.21. The number of H-pyrrole nitrogens is 1. The van der Waals surface area contributed by atoms with Gasteiger partial charge in [0.15, 0.2) is 5.78 Å². The SMILES string of the molecule is CC(C)[C@H](NC(=O)O)C(=O)N1CCC[C@H]1c1ncc(-c2ccc(-c3ccc(C(=O)CN)cc3)nc2)[nH]1.Cl. The van der Waals surface area contributed by atoms with E-state index in [0.717, 1.165) is 35.4 Å². The van der Waals surface area contributed by atoms with Crippen molar-refractivity contribution in [2.45, 2.75) is 38.8 Å². The van der Waals surface area contributed by atoms with Crippen LogP contribution < -0.4 is 11.1 Å². The monoisotopic (exact) mass is 526 g/mol. The minimum absolute atomic E-state index is 0. The Morgan fingerprint density at radius 3 is 2.41 bits per heavy atom. The Kier molecular flexibility index (Phi) is 9.01. The quantitative estimate of drug-likeness (QED) is 0.326. The molecule has 4 rings (SSSR count). The summed E-state index contributed by atoms with van der Waals surface area (Å²) in [6, 6.07) is 9.94. The number of pyridine rings is 1. The molecular formula is C26H31ClN6O4. The first-order valence-electron chi connectivity index (χ1n) is 11.9. The van der Waals surface area contributed by atoms with Crippen LogP contribution in [0.1, 0.15) is 48.9 Å². The fourth-order valence-corrected chi connectivity index (χ4v) is 4.46. The lowest BCUT2D eigenvalue weighted by Gasteiger charge is -2.29. The number of carboxylic acid groups (broad SMARTS) is 1. The van der Waals surface area contributed by atoms with Gasteiger partial charge in [-0.2, -0.15) is 0 Å². The molecule has 10 nitrogen and oxygen atoms in total. The van der Waals surface area contributed by atoms with Crippen LogP contribution in [-0.2, 0) is 4.79 Å². The summed E-state index contributed by atoms with van der Waals surface area (Å²) < 4.78 is 0. The van der Waals surface area contributed by atoms with Gasteiger partial charge in [0.05, 0.1) is 30.2 Å². The van der Waals surface area contributed by atoms with E-state index in [-0.39, 0.29) is 42.6 Å². The average Bonchev–Trinajstić information content (AvgIpc) is 3.56. The van der Waals surface area contributed by atoms with Crippen molar-refractivity contribution in [1.82, 2.24) is 25.2 Å². The van der Waals surface area contributed by atoms with Crippen LogP contribution in [0.3, 0.4) is 0 Å². The zero-order valence-corrected chi connectivity index (χ0v) is 21.5. The van der Waals surface area contributed by atoms with Crippen LogP contribution in [0.2, 0.25) is 0 Å². The molecule has 0 unspecified atom stereocenters. The van der Waals surface area contributed by atoms with Gasteiger partial charge >= 0.3 is 6.09 Å². The van der Waals surface area contributed by atoms with Crippen molar-refractivity contribution in [2.75, 3.05) is 13.1 Å². The molecule has 3 heterocycles. The van der Waals surface area contributed by atoms with Gasteiger partial charge in [-0.15, -0.1) is 12.4 Å². The summed E-state index contributed by atoms with van der Waals surface area (Å²) in [4.78, 5) is 50.2. The summed E-state index contributed by atoms with van der Waals surface area (Å²) in [6.07, 6.45) is 3.81. The van der Waals surface area contributed by atoms with Crippen molar-refractivity contribution in [1.29, 1.82) is 0 Å². The lowest BCUT2D eigenvalue weighted by atomic mass is 10.0. The van der Waals surface area contributed by atoms with Crippen LogP contribution in [0.4, 0.5) is 4.79 Å². The van der Waals surface area contributed by atoms with E-state index in [9.17, 15) is 14.4 Å². The normalized spacial score (nSPS) is 15.8. The molecule has 0 aliphatic carbocycles. The summed E-state index contributed by atoms with van der Waals surface area (Å²) >= 11 is 0. The number of amides is 2. The number of likely N-dealkylation sites (tertiary alicyclic amines) is 1. The van der Waals surface area contributed by atoms with E-state index in [1.807, 2.05) is 38.1 Å². The molecule has 196 valence electrons. The largest absolute Gasteiger partial charge is 0.465 e. The van der Waals surface area contributed by atoms with Crippen molar-refractivity contribution in [3.63, 3.8) is 0 Å². The number of aromatic amines is 1. The molecule has 0 radical (unpaired) electrons. The second kappa shape index (κ2) is 12.0. The number of nitrogens with one attached hydrogen (secondary N) is 2. The maximum atomic E-state index is 13.2. The molecule has 3 aromatic rings. The molecule has 0 saturated carbocycles. The Balaban J connectivity index is 0.00000380. The van der Waals surface area contributed by atoms with Crippen molar-refractivity contribution in [3.05, 3.63) is 60.2 Å². The van der Waals surface area contributed by atoms with Crippen LogP contribution in [0.25, 0.3) is 22.5 Å². The van der Waals surface area contributed by atoms with Crippen LogP contribution in [0.15, 0.2) is 48.8 Å². The molecule has 1 fully saturated rings. The Hall–Kier alpha value is -3.76. The topological polar surface area (TPSA) is 154 Å². The molecule has 1 aliphatic rings. The maximum Gasteiger partial charge on any atom is 0.405 e. The number of ketones is 1. The molecule has 2 atom stereocenters. The third kappa shape index (κ3) is 6.15.